The molecule has 1 aromatic rings. The van der Waals surface area contributed by atoms with Crippen LogP contribution in [0.2, 0.25) is 5.02 Å². The van der Waals surface area contributed by atoms with Gasteiger partial charge in [0.15, 0.2) is 18.1 Å². The highest BCUT2D eigenvalue weighted by Crippen LogP contribution is 2.52. The van der Waals surface area contributed by atoms with Crippen LogP contribution in [-0.4, -0.2) is 48.8 Å². The normalized spacial score (nSPS) is 26.3. The van der Waals surface area contributed by atoms with Crippen LogP contribution in [-0.2, 0) is 19.1 Å². The van der Waals surface area contributed by atoms with Gasteiger partial charge in [-0.2, -0.15) is 10.1 Å². The number of rotatable bonds is 7. The monoisotopic (exact) mass is 446 g/mol. The van der Waals surface area contributed by atoms with E-state index in [2.05, 4.69) is 5.10 Å². The van der Waals surface area contributed by atoms with Crippen LogP contribution in [0.1, 0.15) is 25.8 Å². The van der Waals surface area contributed by atoms with E-state index >= 15 is 0 Å². The van der Waals surface area contributed by atoms with E-state index in [9.17, 15) is 14.4 Å². The number of imide groups is 1. The number of nitrogens with zero attached hydrogens (tertiary/aromatic N) is 2. The Balaban J connectivity index is 1.48. The summed E-state index contributed by atoms with van der Waals surface area (Å²) in [4.78, 5) is 37.2. The van der Waals surface area contributed by atoms with Gasteiger partial charge in [0.05, 0.1) is 36.3 Å². The Morgan fingerprint density at radius 2 is 1.87 bits per heavy atom. The molecular formula is C22H23ClN2O6. The summed E-state index contributed by atoms with van der Waals surface area (Å²) in [5.74, 6) is -0.941. The van der Waals surface area contributed by atoms with E-state index in [1.54, 1.807) is 26.0 Å². The predicted octanol–water partition coefficient (Wildman–Crippen LogP) is 2.82. The highest BCUT2D eigenvalue weighted by molar-refractivity contribution is 6.32. The van der Waals surface area contributed by atoms with Gasteiger partial charge in [0.25, 0.3) is 11.8 Å². The van der Waals surface area contributed by atoms with Gasteiger partial charge < -0.3 is 14.2 Å². The van der Waals surface area contributed by atoms with Crippen molar-refractivity contribution in [3.8, 4) is 11.5 Å². The van der Waals surface area contributed by atoms with Crippen LogP contribution in [0, 0.1) is 23.7 Å². The quantitative estimate of drug-likeness (QED) is 0.276. The number of amides is 2. The molecule has 0 aromatic heterocycles. The van der Waals surface area contributed by atoms with Crippen LogP contribution < -0.4 is 9.47 Å². The second-order valence-corrected chi connectivity index (χ2v) is 8.50. The van der Waals surface area contributed by atoms with Crippen LogP contribution in [0.5, 0.6) is 11.5 Å². The number of carbonyl (C=O) groups excluding carboxylic acids is 3. The van der Waals surface area contributed by atoms with Gasteiger partial charge in [-0.25, -0.2) is 4.79 Å². The average Bonchev–Trinajstić information content (AvgIpc) is 3.39. The lowest BCUT2D eigenvalue weighted by Crippen LogP contribution is -2.28. The number of allylic oxidation sites excluding steroid dienone is 2. The van der Waals surface area contributed by atoms with E-state index in [0.29, 0.717) is 5.56 Å². The van der Waals surface area contributed by atoms with Crippen molar-refractivity contribution in [3.63, 3.8) is 0 Å². The van der Waals surface area contributed by atoms with Crippen molar-refractivity contribution in [2.75, 3.05) is 13.7 Å². The van der Waals surface area contributed by atoms with Crippen molar-refractivity contribution in [2.45, 2.75) is 26.4 Å². The number of carbonyl (C=O) groups is 3. The molecular weight excluding hydrogens is 424 g/mol. The SMILES string of the molecule is COc1cc(C=NN2C(=O)C3C4C=CC(C4)C3C2=O)cc(Cl)c1OCC(=O)OC(C)C. The lowest BCUT2D eigenvalue weighted by Gasteiger charge is -2.14. The first-order valence-electron chi connectivity index (χ1n) is 10.1. The van der Waals surface area contributed by atoms with Gasteiger partial charge in [0.2, 0.25) is 0 Å². The zero-order chi connectivity index (χ0) is 22.3. The smallest absolute Gasteiger partial charge is 0.344 e. The molecule has 4 unspecified atom stereocenters. The predicted molar refractivity (Wildman–Crippen MR) is 112 cm³/mol. The van der Waals surface area contributed by atoms with Gasteiger partial charge in [-0.3, -0.25) is 9.59 Å². The summed E-state index contributed by atoms with van der Waals surface area (Å²) in [7, 11) is 1.43. The molecule has 1 aromatic carbocycles. The van der Waals surface area contributed by atoms with Gasteiger partial charge in [0, 0.05) is 0 Å². The van der Waals surface area contributed by atoms with Gasteiger partial charge >= 0.3 is 5.97 Å². The molecule has 1 heterocycles. The number of hydrogen-bond donors (Lipinski definition) is 0. The van der Waals surface area contributed by atoms with Gasteiger partial charge in [-0.05, 0) is 49.8 Å². The van der Waals surface area contributed by atoms with Gasteiger partial charge in [-0.15, -0.1) is 0 Å². The average molecular weight is 447 g/mol. The molecule has 1 aliphatic heterocycles. The van der Waals surface area contributed by atoms with Crippen molar-refractivity contribution >= 4 is 35.6 Å². The second-order valence-electron chi connectivity index (χ2n) is 8.09. The first kappa shape index (κ1) is 21.4. The maximum Gasteiger partial charge on any atom is 0.344 e. The zero-order valence-corrected chi connectivity index (χ0v) is 18.2. The largest absolute Gasteiger partial charge is 0.493 e. The van der Waals surface area contributed by atoms with Crippen LogP contribution in [0.25, 0.3) is 0 Å². The molecule has 2 bridgehead atoms. The topological polar surface area (TPSA) is 94.5 Å². The van der Waals surface area contributed by atoms with E-state index in [4.69, 9.17) is 25.8 Å². The van der Waals surface area contributed by atoms with E-state index in [1.165, 1.54) is 13.3 Å². The lowest BCUT2D eigenvalue weighted by atomic mass is 9.85. The van der Waals surface area contributed by atoms with E-state index in [-0.39, 0.29) is 64.7 Å². The summed E-state index contributed by atoms with van der Waals surface area (Å²) in [6, 6.07) is 3.14. The number of hydrazone groups is 1. The number of benzene rings is 1. The Labute approximate surface area is 184 Å². The zero-order valence-electron chi connectivity index (χ0n) is 17.4. The molecule has 0 radical (unpaired) electrons. The van der Waals surface area contributed by atoms with E-state index in [0.717, 1.165) is 11.4 Å². The highest BCUT2D eigenvalue weighted by Gasteiger charge is 2.59. The minimum atomic E-state index is -0.529. The second kappa shape index (κ2) is 8.34. The van der Waals surface area contributed by atoms with Crippen LogP contribution in [0.3, 0.4) is 0 Å². The van der Waals surface area contributed by atoms with E-state index in [1.807, 2.05) is 12.2 Å². The third-order valence-electron chi connectivity index (χ3n) is 5.72. The third kappa shape index (κ3) is 3.92. The highest BCUT2D eigenvalue weighted by atomic mass is 35.5. The summed E-state index contributed by atoms with van der Waals surface area (Å²) in [6.45, 7) is 3.16. The molecule has 4 atom stereocenters. The first-order chi connectivity index (χ1) is 14.8. The van der Waals surface area contributed by atoms with Crippen molar-refractivity contribution in [3.05, 3.63) is 34.9 Å². The summed E-state index contributed by atoms with van der Waals surface area (Å²) < 4.78 is 15.8. The summed E-state index contributed by atoms with van der Waals surface area (Å²) in [5, 5.41) is 5.30. The molecule has 4 rings (SSSR count). The fraction of sp³-hybridized carbons (Fsp3) is 0.455. The number of esters is 1. The first-order valence-corrected chi connectivity index (χ1v) is 10.5. The van der Waals surface area contributed by atoms with Crippen LogP contribution >= 0.6 is 11.6 Å². The molecule has 1 saturated carbocycles. The number of ether oxygens (including phenoxy) is 3. The fourth-order valence-electron chi connectivity index (χ4n) is 4.51. The van der Waals surface area contributed by atoms with Crippen molar-refractivity contribution in [1.29, 1.82) is 0 Å². The molecule has 31 heavy (non-hydrogen) atoms. The molecule has 0 spiro atoms. The van der Waals surface area contributed by atoms with Crippen LogP contribution in [0.15, 0.2) is 29.4 Å². The van der Waals surface area contributed by atoms with Crippen molar-refractivity contribution in [1.82, 2.24) is 5.01 Å². The molecule has 2 fully saturated rings. The Bertz CT molecular complexity index is 958. The number of halogens is 1. The van der Waals surface area contributed by atoms with Crippen molar-refractivity contribution in [2.24, 2.45) is 28.8 Å². The maximum absolute atomic E-state index is 12.7. The minimum Gasteiger partial charge on any atom is -0.493 e. The molecule has 8 nitrogen and oxygen atoms in total. The molecule has 0 N–H and O–H groups in total. The van der Waals surface area contributed by atoms with Crippen LogP contribution in [0.4, 0.5) is 0 Å². The lowest BCUT2D eigenvalue weighted by molar-refractivity contribution is -0.149. The minimum absolute atomic E-state index is 0.125. The molecule has 2 aliphatic carbocycles. The van der Waals surface area contributed by atoms with E-state index < -0.39 is 5.97 Å². The molecule has 164 valence electrons. The summed E-state index contributed by atoms with van der Waals surface area (Å²) in [6.07, 6.45) is 6.06. The Kier molecular flexibility index (Phi) is 5.75. The molecule has 2 amide bonds. The Morgan fingerprint density at radius 1 is 1.23 bits per heavy atom. The molecule has 9 heteroatoms. The number of methoxy groups -OCH3 is 1. The Morgan fingerprint density at radius 3 is 2.45 bits per heavy atom. The maximum atomic E-state index is 12.7. The van der Waals surface area contributed by atoms with Gasteiger partial charge in [0.1, 0.15) is 0 Å². The summed E-state index contributed by atoms with van der Waals surface area (Å²) >= 11 is 6.31. The van der Waals surface area contributed by atoms with Crippen molar-refractivity contribution < 1.29 is 28.6 Å². The number of fused-ring (bicyclic) bond motifs is 5. The third-order valence-corrected chi connectivity index (χ3v) is 6.00. The fourth-order valence-corrected chi connectivity index (χ4v) is 4.78. The Hall–Kier alpha value is -2.87. The number of hydrogen-bond acceptors (Lipinski definition) is 7. The summed E-state index contributed by atoms with van der Waals surface area (Å²) in [5.41, 5.74) is 0.512. The molecule has 3 aliphatic rings. The van der Waals surface area contributed by atoms with Gasteiger partial charge in [-0.1, -0.05) is 23.8 Å². The molecule has 1 saturated heterocycles. The standard InChI is InChI=1S/C22H23ClN2O6/c1-11(2)31-17(26)10-30-20-15(23)6-12(7-16(20)29-3)9-24-25-21(27)18-13-4-5-14(8-13)19(18)22(25)28/h4-7,9,11,13-14,18-19H,8,10H2,1-3H3.